The first-order chi connectivity index (χ1) is 7.13. The van der Waals surface area contributed by atoms with Gasteiger partial charge >= 0.3 is 0 Å². The number of hydrogen-bond donors (Lipinski definition) is 2. The molecule has 0 aliphatic carbocycles. The van der Waals surface area contributed by atoms with Crippen molar-refractivity contribution in [2.24, 2.45) is 0 Å². The van der Waals surface area contributed by atoms with Gasteiger partial charge < -0.3 is 15.2 Å². The molecule has 2 N–H and O–H groups in total. The number of nitrogens with one attached hydrogen (secondary N) is 1. The normalized spacial score (nSPS) is 14.7. The van der Waals surface area contributed by atoms with E-state index in [0.717, 1.165) is 12.3 Å². The molecule has 1 aromatic carbocycles. The molecule has 0 saturated carbocycles. The van der Waals surface area contributed by atoms with Crippen LogP contribution in [0.2, 0.25) is 0 Å². The Kier molecular flexibility index (Phi) is 4.59. The van der Waals surface area contributed by atoms with E-state index in [1.807, 2.05) is 38.2 Å². The summed E-state index contributed by atoms with van der Waals surface area (Å²) in [5.41, 5.74) is 1.17. The summed E-state index contributed by atoms with van der Waals surface area (Å²) in [5.74, 6) is 0.802. The Morgan fingerprint density at radius 1 is 1.40 bits per heavy atom. The van der Waals surface area contributed by atoms with Crippen LogP contribution in [0.3, 0.4) is 0 Å². The highest BCUT2D eigenvalue weighted by Gasteiger charge is 2.10. The third-order valence-electron chi connectivity index (χ3n) is 2.28. The molecule has 0 radical (unpaired) electrons. The van der Waals surface area contributed by atoms with E-state index >= 15 is 0 Å². The van der Waals surface area contributed by atoms with Gasteiger partial charge in [0.05, 0.1) is 6.10 Å². The van der Waals surface area contributed by atoms with Gasteiger partial charge in [0.15, 0.2) is 0 Å². The maximum atomic E-state index is 9.32. The van der Waals surface area contributed by atoms with Crippen LogP contribution in [0.15, 0.2) is 24.3 Å². The second-order valence-corrected chi connectivity index (χ2v) is 3.74. The molecule has 1 rings (SSSR count). The molecule has 15 heavy (non-hydrogen) atoms. The molecular formula is C12H19NO2. The summed E-state index contributed by atoms with van der Waals surface area (Å²) < 4.78 is 5.58. The molecular weight excluding hydrogens is 190 g/mol. The van der Waals surface area contributed by atoms with Gasteiger partial charge in [-0.15, -0.1) is 0 Å². The molecule has 0 spiro atoms. The monoisotopic (exact) mass is 209 g/mol. The van der Waals surface area contributed by atoms with E-state index in [9.17, 15) is 5.11 Å². The lowest BCUT2D eigenvalue weighted by molar-refractivity contribution is 0.0604. The standard InChI is InChI=1S/C12H19NO2/c1-9(14)10(2)15-12-6-4-5-11(7-12)8-13-3/h4-7,9-10,13-14H,8H2,1-3H3. The molecule has 0 fully saturated rings. The van der Waals surface area contributed by atoms with Crippen molar-refractivity contribution in [2.75, 3.05) is 7.05 Å². The Morgan fingerprint density at radius 3 is 2.73 bits per heavy atom. The van der Waals surface area contributed by atoms with Crippen molar-refractivity contribution < 1.29 is 9.84 Å². The topological polar surface area (TPSA) is 41.5 Å². The smallest absolute Gasteiger partial charge is 0.121 e. The van der Waals surface area contributed by atoms with Crippen LogP contribution >= 0.6 is 0 Å². The summed E-state index contributed by atoms with van der Waals surface area (Å²) in [7, 11) is 1.91. The molecule has 3 nitrogen and oxygen atoms in total. The van der Waals surface area contributed by atoms with Crippen LogP contribution in [-0.4, -0.2) is 24.4 Å². The van der Waals surface area contributed by atoms with E-state index in [0.29, 0.717) is 0 Å². The fourth-order valence-electron chi connectivity index (χ4n) is 1.25. The molecule has 0 saturated heterocycles. The molecule has 1 aromatic rings. The van der Waals surface area contributed by atoms with Gasteiger partial charge in [0.2, 0.25) is 0 Å². The molecule has 0 aliphatic rings. The minimum Gasteiger partial charge on any atom is -0.488 e. The van der Waals surface area contributed by atoms with Gasteiger partial charge in [0.25, 0.3) is 0 Å². The number of ether oxygens (including phenoxy) is 1. The average Bonchev–Trinajstić information content (AvgIpc) is 2.18. The second-order valence-electron chi connectivity index (χ2n) is 3.74. The molecule has 0 aromatic heterocycles. The minimum absolute atomic E-state index is 0.185. The summed E-state index contributed by atoms with van der Waals surface area (Å²) in [5, 5.41) is 12.4. The van der Waals surface area contributed by atoms with Crippen molar-refractivity contribution in [1.29, 1.82) is 0 Å². The van der Waals surface area contributed by atoms with E-state index in [2.05, 4.69) is 5.32 Å². The SMILES string of the molecule is CNCc1cccc(OC(C)C(C)O)c1. The third kappa shape index (κ3) is 3.90. The lowest BCUT2D eigenvalue weighted by Crippen LogP contribution is -2.25. The van der Waals surface area contributed by atoms with E-state index in [-0.39, 0.29) is 6.10 Å². The van der Waals surface area contributed by atoms with Gasteiger partial charge in [-0.1, -0.05) is 12.1 Å². The molecule has 2 atom stereocenters. The maximum absolute atomic E-state index is 9.32. The number of hydrogen-bond acceptors (Lipinski definition) is 3. The van der Waals surface area contributed by atoms with Crippen LogP contribution in [0.5, 0.6) is 5.75 Å². The summed E-state index contributed by atoms with van der Waals surface area (Å²) in [6.07, 6.45) is -0.646. The highest BCUT2D eigenvalue weighted by atomic mass is 16.5. The summed E-state index contributed by atoms with van der Waals surface area (Å²) in [6.45, 7) is 4.40. The van der Waals surface area contributed by atoms with Gasteiger partial charge in [0, 0.05) is 6.54 Å². The minimum atomic E-state index is -0.460. The number of benzene rings is 1. The maximum Gasteiger partial charge on any atom is 0.121 e. The average molecular weight is 209 g/mol. The predicted octanol–water partition coefficient (Wildman–Crippen LogP) is 1.55. The summed E-state index contributed by atoms with van der Waals surface area (Å²) in [6, 6.07) is 7.88. The fraction of sp³-hybridized carbons (Fsp3) is 0.500. The van der Waals surface area contributed by atoms with Crippen LogP contribution in [0, 0.1) is 0 Å². The quantitative estimate of drug-likeness (QED) is 0.773. The van der Waals surface area contributed by atoms with Crippen molar-refractivity contribution in [3.05, 3.63) is 29.8 Å². The van der Waals surface area contributed by atoms with Crippen LogP contribution in [-0.2, 0) is 6.54 Å². The molecule has 3 heteroatoms. The fourth-order valence-corrected chi connectivity index (χ4v) is 1.25. The Hall–Kier alpha value is -1.06. The first-order valence-electron chi connectivity index (χ1n) is 5.21. The van der Waals surface area contributed by atoms with E-state index in [1.165, 1.54) is 5.56 Å². The van der Waals surface area contributed by atoms with Crippen LogP contribution in [0.25, 0.3) is 0 Å². The number of aliphatic hydroxyl groups is 1. The van der Waals surface area contributed by atoms with Gasteiger partial charge in [-0.3, -0.25) is 0 Å². The zero-order chi connectivity index (χ0) is 11.3. The molecule has 0 bridgehead atoms. The molecule has 84 valence electrons. The summed E-state index contributed by atoms with van der Waals surface area (Å²) >= 11 is 0. The highest BCUT2D eigenvalue weighted by Crippen LogP contribution is 2.15. The van der Waals surface area contributed by atoms with Crippen molar-refractivity contribution >= 4 is 0 Å². The lowest BCUT2D eigenvalue weighted by atomic mass is 10.2. The lowest BCUT2D eigenvalue weighted by Gasteiger charge is -2.17. The van der Waals surface area contributed by atoms with Gasteiger partial charge in [0.1, 0.15) is 11.9 Å². The summed E-state index contributed by atoms with van der Waals surface area (Å²) in [4.78, 5) is 0. The van der Waals surface area contributed by atoms with Crippen molar-refractivity contribution in [1.82, 2.24) is 5.32 Å². The Bertz CT molecular complexity index is 299. The first kappa shape index (κ1) is 12.0. The van der Waals surface area contributed by atoms with Crippen molar-refractivity contribution in [3.63, 3.8) is 0 Å². The van der Waals surface area contributed by atoms with E-state index in [4.69, 9.17) is 4.74 Å². The second kappa shape index (κ2) is 5.73. The van der Waals surface area contributed by atoms with Crippen LogP contribution in [0.4, 0.5) is 0 Å². The van der Waals surface area contributed by atoms with Crippen molar-refractivity contribution in [2.45, 2.75) is 32.6 Å². The Labute approximate surface area is 91.1 Å². The predicted molar refractivity (Wildman–Crippen MR) is 61.0 cm³/mol. The number of aliphatic hydroxyl groups excluding tert-OH is 1. The third-order valence-corrected chi connectivity index (χ3v) is 2.28. The van der Waals surface area contributed by atoms with E-state index < -0.39 is 6.10 Å². The molecule has 0 aliphatic heterocycles. The van der Waals surface area contributed by atoms with Crippen molar-refractivity contribution in [3.8, 4) is 5.75 Å². The first-order valence-corrected chi connectivity index (χ1v) is 5.21. The highest BCUT2D eigenvalue weighted by molar-refractivity contribution is 5.28. The van der Waals surface area contributed by atoms with Gasteiger partial charge in [-0.25, -0.2) is 0 Å². The number of rotatable bonds is 5. The molecule has 0 amide bonds. The van der Waals surface area contributed by atoms with Gasteiger partial charge in [-0.2, -0.15) is 0 Å². The zero-order valence-electron chi connectivity index (χ0n) is 9.53. The Balaban J connectivity index is 2.64. The van der Waals surface area contributed by atoms with Crippen LogP contribution < -0.4 is 10.1 Å². The molecule has 0 heterocycles. The van der Waals surface area contributed by atoms with E-state index in [1.54, 1.807) is 6.92 Å². The van der Waals surface area contributed by atoms with Gasteiger partial charge in [-0.05, 0) is 38.6 Å². The van der Waals surface area contributed by atoms with Crippen LogP contribution in [0.1, 0.15) is 19.4 Å². The molecule has 2 unspecified atom stereocenters. The zero-order valence-corrected chi connectivity index (χ0v) is 9.53. The Morgan fingerprint density at radius 2 is 2.13 bits per heavy atom. The largest absolute Gasteiger partial charge is 0.488 e.